The molecule has 0 fully saturated rings. The van der Waals surface area contributed by atoms with Gasteiger partial charge in [-0.15, -0.1) is 0 Å². The number of aryl methyl sites for hydroxylation is 2. The third-order valence-electron chi connectivity index (χ3n) is 2.87. The summed E-state index contributed by atoms with van der Waals surface area (Å²) in [5, 5.41) is 1.22. The minimum atomic E-state index is 0.996. The van der Waals surface area contributed by atoms with Crippen LogP contribution in [-0.4, -0.2) is 18.2 Å². The topological polar surface area (TPSA) is 25.2 Å². The largest absolute Gasteiger partial charge is 0.301 e. The van der Waals surface area contributed by atoms with E-state index in [1.54, 1.807) is 0 Å². The molecule has 0 amide bonds. The molecule has 0 N–H and O–H groups in total. The van der Waals surface area contributed by atoms with Gasteiger partial charge < -0.3 is 4.99 Å². The molecular weight excluding hydrogens is 196 g/mol. The van der Waals surface area contributed by atoms with Gasteiger partial charge >= 0.3 is 0 Å². The second-order valence-electron chi connectivity index (χ2n) is 3.90. The zero-order valence-electron chi connectivity index (χ0n) is 9.77. The van der Waals surface area contributed by atoms with Gasteiger partial charge in [-0.3, -0.25) is 4.98 Å². The van der Waals surface area contributed by atoms with Crippen LogP contribution in [0, 0.1) is 6.92 Å². The van der Waals surface area contributed by atoms with Gasteiger partial charge in [-0.1, -0.05) is 18.2 Å². The van der Waals surface area contributed by atoms with Gasteiger partial charge in [-0.2, -0.15) is 0 Å². The monoisotopic (exact) mass is 212 g/mol. The van der Waals surface area contributed by atoms with E-state index in [-0.39, 0.29) is 0 Å². The van der Waals surface area contributed by atoms with Crippen molar-refractivity contribution < 1.29 is 0 Å². The molecule has 0 unspecified atom stereocenters. The average Bonchev–Trinajstić information content (AvgIpc) is 2.33. The molecule has 0 aliphatic rings. The number of rotatable bonds is 3. The highest BCUT2D eigenvalue weighted by molar-refractivity contribution is 5.82. The molecule has 0 bridgehead atoms. The van der Waals surface area contributed by atoms with Gasteiger partial charge in [-0.25, -0.2) is 0 Å². The third kappa shape index (κ3) is 2.11. The summed E-state index contributed by atoms with van der Waals surface area (Å²) >= 11 is 0. The lowest BCUT2D eigenvalue weighted by Gasteiger charge is -2.07. The quantitative estimate of drug-likeness (QED) is 0.717. The van der Waals surface area contributed by atoms with Gasteiger partial charge in [0.1, 0.15) is 0 Å². The number of benzene rings is 1. The summed E-state index contributed by atoms with van der Waals surface area (Å²) in [6, 6.07) is 8.43. The fraction of sp³-hybridized carbons (Fsp3) is 0.286. The molecule has 82 valence electrons. The molecule has 0 radical (unpaired) electrons. The minimum absolute atomic E-state index is 0.996. The average molecular weight is 212 g/mol. The molecule has 0 saturated heterocycles. The van der Waals surface area contributed by atoms with Crippen molar-refractivity contribution in [2.24, 2.45) is 4.99 Å². The summed E-state index contributed by atoms with van der Waals surface area (Å²) in [5.74, 6) is 0. The molecule has 0 atom stereocenters. The fourth-order valence-electron chi connectivity index (χ4n) is 1.95. The van der Waals surface area contributed by atoms with E-state index in [1.165, 1.54) is 16.5 Å². The van der Waals surface area contributed by atoms with Gasteiger partial charge in [0, 0.05) is 18.6 Å². The molecule has 0 spiro atoms. The second-order valence-corrected chi connectivity index (χ2v) is 3.90. The Labute approximate surface area is 96.1 Å². The number of fused-ring (bicyclic) bond motifs is 1. The molecule has 0 aliphatic carbocycles. The molecule has 0 saturated carbocycles. The van der Waals surface area contributed by atoms with Crippen LogP contribution in [0.2, 0.25) is 0 Å². The van der Waals surface area contributed by atoms with Crippen molar-refractivity contribution in [3.63, 3.8) is 0 Å². The Morgan fingerprint density at radius 3 is 3.00 bits per heavy atom. The van der Waals surface area contributed by atoms with Crippen LogP contribution in [-0.2, 0) is 6.42 Å². The predicted octanol–water partition coefficient (Wildman–Crippen LogP) is 3.18. The van der Waals surface area contributed by atoms with Crippen molar-refractivity contribution in [3.8, 4) is 0 Å². The van der Waals surface area contributed by atoms with Crippen molar-refractivity contribution >= 4 is 17.1 Å². The van der Waals surface area contributed by atoms with E-state index in [9.17, 15) is 0 Å². The highest BCUT2D eigenvalue weighted by Gasteiger charge is 2.03. The van der Waals surface area contributed by atoms with E-state index in [0.717, 1.165) is 18.4 Å². The summed E-state index contributed by atoms with van der Waals surface area (Å²) in [5.41, 5.74) is 3.78. The first-order chi connectivity index (χ1) is 7.83. The molecule has 1 heterocycles. The van der Waals surface area contributed by atoms with Crippen LogP contribution >= 0.6 is 0 Å². The normalized spacial score (nSPS) is 11.4. The molecule has 2 aromatic rings. The zero-order chi connectivity index (χ0) is 11.4. The fourth-order valence-corrected chi connectivity index (χ4v) is 1.95. The highest BCUT2D eigenvalue weighted by atomic mass is 14.6. The summed E-state index contributed by atoms with van der Waals surface area (Å²) in [6.07, 6.45) is 5.85. The summed E-state index contributed by atoms with van der Waals surface area (Å²) in [7, 11) is 1.81. The Balaban J connectivity index is 2.36. The van der Waals surface area contributed by atoms with E-state index in [0.29, 0.717) is 0 Å². The number of aromatic nitrogens is 1. The van der Waals surface area contributed by atoms with Crippen LogP contribution in [0.3, 0.4) is 0 Å². The first-order valence-corrected chi connectivity index (χ1v) is 5.57. The molecule has 2 heteroatoms. The number of hydrogen-bond acceptors (Lipinski definition) is 2. The molecule has 2 nitrogen and oxygen atoms in total. The molecule has 0 aliphatic heterocycles. The summed E-state index contributed by atoms with van der Waals surface area (Å²) in [4.78, 5) is 8.44. The second kappa shape index (κ2) is 4.88. The minimum Gasteiger partial charge on any atom is -0.301 e. The standard InChI is InChI=1S/C14H16N2/c1-11-12(5-3-9-15-2)7-8-13-6-4-10-16-14(11)13/h4,6-10H,3,5H2,1-2H3. The van der Waals surface area contributed by atoms with Gasteiger partial charge in [-0.05, 0) is 43.2 Å². The van der Waals surface area contributed by atoms with Gasteiger partial charge in [0.05, 0.1) is 5.52 Å². The Hall–Kier alpha value is -1.70. The Bertz CT molecular complexity index is 515. The van der Waals surface area contributed by atoms with Crippen molar-refractivity contribution in [2.75, 3.05) is 7.05 Å². The molecule has 2 rings (SSSR count). The number of pyridine rings is 1. The van der Waals surface area contributed by atoms with Crippen LogP contribution in [0.15, 0.2) is 35.5 Å². The lowest BCUT2D eigenvalue weighted by Crippen LogP contribution is -1.93. The lowest BCUT2D eigenvalue weighted by molar-refractivity contribution is 1.04. The maximum absolute atomic E-state index is 4.44. The van der Waals surface area contributed by atoms with Gasteiger partial charge in [0.2, 0.25) is 0 Å². The molecule has 16 heavy (non-hydrogen) atoms. The number of nitrogens with zero attached hydrogens (tertiary/aromatic N) is 2. The van der Waals surface area contributed by atoms with Crippen LogP contribution in [0.4, 0.5) is 0 Å². The number of aliphatic imine (C=N–C) groups is 1. The first-order valence-electron chi connectivity index (χ1n) is 5.57. The van der Waals surface area contributed by atoms with Crippen LogP contribution in [0.1, 0.15) is 17.5 Å². The van der Waals surface area contributed by atoms with Gasteiger partial charge in [0.25, 0.3) is 0 Å². The molecule has 1 aromatic heterocycles. The van der Waals surface area contributed by atoms with Crippen molar-refractivity contribution in [1.82, 2.24) is 4.98 Å². The first kappa shape index (κ1) is 10.8. The van der Waals surface area contributed by atoms with E-state index >= 15 is 0 Å². The predicted molar refractivity (Wildman–Crippen MR) is 69.2 cm³/mol. The smallest absolute Gasteiger partial charge is 0.0733 e. The van der Waals surface area contributed by atoms with Crippen LogP contribution in [0.5, 0.6) is 0 Å². The van der Waals surface area contributed by atoms with E-state index in [1.807, 2.05) is 25.5 Å². The van der Waals surface area contributed by atoms with E-state index in [4.69, 9.17) is 0 Å². The van der Waals surface area contributed by atoms with Crippen LogP contribution < -0.4 is 0 Å². The SMILES string of the molecule is CN=CCCc1ccc2cccnc2c1C. The van der Waals surface area contributed by atoms with E-state index in [2.05, 4.69) is 35.1 Å². The zero-order valence-corrected chi connectivity index (χ0v) is 9.77. The molecular formula is C14H16N2. The summed E-state index contributed by atoms with van der Waals surface area (Å²) < 4.78 is 0. The van der Waals surface area contributed by atoms with Crippen molar-refractivity contribution in [2.45, 2.75) is 19.8 Å². The lowest BCUT2D eigenvalue weighted by atomic mass is 10.0. The summed E-state index contributed by atoms with van der Waals surface area (Å²) in [6.45, 7) is 2.15. The maximum atomic E-state index is 4.44. The number of hydrogen-bond donors (Lipinski definition) is 0. The maximum Gasteiger partial charge on any atom is 0.0733 e. The van der Waals surface area contributed by atoms with Crippen molar-refractivity contribution in [3.05, 3.63) is 41.6 Å². The Morgan fingerprint density at radius 1 is 1.31 bits per heavy atom. The Morgan fingerprint density at radius 2 is 2.19 bits per heavy atom. The third-order valence-corrected chi connectivity index (χ3v) is 2.87. The van der Waals surface area contributed by atoms with Crippen LogP contribution in [0.25, 0.3) is 10.9 Å². The molecule has 1 aromatic carbocycles. The van der Waals surface area contributed by atoms with Crippen molar-refractivity contribution in [1.29, 1.82) is 0 Å². The Kier molecular flexibility index (Phi) is 3.30. The van der Waals surface area contributed by atoms with E-state index < -0.39 is 0 Å². The van der Waals surface area contributed by atoms with Gasteiger partial charge in [0.15, 0.2) is 0 Å². The highest BCUT2D eigenvalue weighted by Crippen LogP contribution is 2.20.